The number of thioether (sulfide) groups is 1. The van der Waals surface area contributed by atoms with Crippen molar-refractivity contribution in [2.24, 2.45) is 4.99 Å². The summed E-state index contributed by atoms with van der Waals surface area (Å²) >= 11 is 1.61. The molecular weight excluding hydrogens is 427 g/mol. The molecule has 8 heteroatoms. The van der Waals surface area contributed by atoms with Crippen molar-refractivity contribution < 1.29 is 13.7 Å². The molecule has 1 fully saturated rings. The summed E-state index contributed by atoms with van der Waals surface area (Å²) in [6.45, 7) is 4.93. The lowest BCUT2D eigenvalue weighted by Crippen LogP contribution is -2.39. The molecule has 166 valence electrons. The van der Waals surface area contributed by atoms with Crippen LogP contribution in [0.2, 0.25) is 0 Å². The predicted molar refractivity (Wildman–Crippen MR) is 124 cm³/mol. The molecular formula is C24H25FN4O2S. The Morgan fingerprint density at radius 1 is 1.22 bits per heavy atom. The normalized spacial score (nSPS) is 15.5. The van der Waals surface area contributed by atoms with Crippen LogP contribution < -0.4 is 0 Å². The number of aliphatic imine (C=N–C) groups is 1. The van der Waals surface area contributed by atoms with Crippen LogP contribution in [0.1, 0.15) is 44.1 Å². The first-order chi connectivity index (χ1) is 15.5. The Morgan fingerprint density at radius 2 is 2.00 bits per heavy atom. The van der Waals surface area contributed by atoms with Gasteiger partial charge in [-0.1, -0.05) is 49.0 Å². The van der Waals surface area contributed by atoms with E-state index in [1.807, 2.05) is 18.2 Å². The number of carbonyl (C=O) groups excluding carboxylic acids is 1. The first-order valence-corrected chi connectivity index (χ1v) is 11.7. The van der Waals surface area contributed by atoms with Crippen molar-refractivity contribution in [3.05, 3.63) is 65.8 Å². The Labute approximate surface area is 190 Å². The number of halogens is 1. The maximum absolute atomic E-state index is 13.1. The number of aryl methyl sites for hydroxylation is 1. The molecule has 1 aliphatic rings. The van der Waals surface area contributed by atoms with Gasteiger partial charge in [0.25, 0.3) is 0 Å². The molecule has 1 aliphatic heterocycles. The van der Waals surface area contributed by atoms with Crippen molar-refractivity contribution >= 4 is 28.5 Å². The minimum atomic E-state index is -0.323. The first-order valence-electron chi connectivity index (χ1n) is 10.7. The van der Waals surface area contributed by atoms with E-state index >= 15 is 0 Å². The lowest BCUT2D eigenvalue weighted by Gasteiger charge is -2.28. The quantitative estimate of drug-likeness (QED) is 0.488. The van der Waals surface area contributed by atoms with Gasteiger partial charge >= 0.3 is 0 Å². The van der Waals surface area contributed by atoms with Crippen LogP contribution in [0.25, 0.3) is 11.4 Å². The average molecular weight is 453 g/mol. The third-order valence-corrected chi connectivity index (χ3v) is 6.25. The molecule has 0 atom stereocenters. The summed E-state index contributed by atoms with van der Waals surface area (Å²) < 4.78 is 18.4. The minimum absolute atomic E-state index is 0.0143. The predicted octanol–water partition coefficient (Wildman–Crippen LogP) is 5.58. The van der Waals surface area contributed by atoms with Crippen LogP contribution in [0.4, 0.5) is 10.1 Å². The number of hydrogen-bond acceptors (Lipinski definition) is 6. The number of carbonyl (C=O) groups is 1. The van der Waals surface area contributed by atoms with E-state index in [4.69, 9.17) is 9.52 Å². The first kappa shape index (κ1) is 22.2. The van der Waals surface area contributed by atoms with Gasteiger partial charge < -0.3 is 4.52 Å². The third kappa shape index (κ3) is 5.24. The van der Waals surface area contributed by atoms with Gasteiger partial charge in [-0.3, -0.25) is 9.69 Å². The molecule has 1 saturated heterocycles. The fraction of sp³-hybridized carbons (Fsp3) is 0.333. The standard InChI is InChI=1S/C24H25FN4O2S/c1-16(2)19-6-3-4-7-20(19)26-24-29(14-5-15-32-24)22(30)13-12-21-27-23(28-31-21)17-8-10-18(25)11-9-17/h3-4,6-11,16H,5,12-15H2,1-2H3. The largest absolute Gasteiger partial charge is 0.339 e. The summed E-state index contributed by atoms with van der Waals surface area (Å²) in [4.78, 5) is 24.0. The smallest absolute Gasteiger partial charge is 0.229 e. The molecule has 3 aromatic rings. The van der Waals surface area contributed by atoms with Gasteiger partial charge in [0, 0.05) is 30.7 Å². The van der Waals surface area contributed by atoms with Crippen molar-refractivity contribution in [2.75, 3.05) is 12.3 Å². The summed E-state index contributed by atoms with van der Waals surface area (Å²) in [6, 6.07) is 13.9. The lowest BCUT2D eigenvalue weighted by atomic mass is 10.0. The number of amides is 1. The lowest BCUT2D eigenvalue weighted by molar-refractivity contribution is -0.127. The van der Waals surface area contributed by atoms with E-state index in [9.17, 15) is 9.18 Å². The van der Waals surface area contributed by atoms with Gasteiger partial charge in [0.1, 0.15) is 5.82 Å². The monoisotopic (exact) mass is 452 g/mol. The zero-order valence-electron chi connectivity index (χ0n) is 18.1. The zero-order valence-corrected chi connectivity index (χ0v) is 18.9. The van der Waals surface area contributed by atoms with Crippen LogP contribution in [0.3, 0.4) is 0 Å². The Bertz CT molecular complexity index is 1110. The molecule has 4 rings (SSSR count). The maximum atomic E-state index is 13.1. The Hall–Kier alpha value is -3.00. The van der Waals surface area contributed by atoms with Gasteiger partial charge in [-0.2, -0.15) is 4.98 Å². The van der Waals surface area contributed by atoms with Gasteiger partial charge in [-0.15, -0.1) is 0 Å². The van der Waals surface area contributed by atoms with Gasteiger partial charge in [0.2, 0.25) is 17.6 Å². The average Bonchev–Trinajstić information content (AvgIpc) is 3.27. The van der Waals surface area contributed by atoms with E-state index in [2.05, 4.69) is 30.1 Å². The molecule has 0 unspecified atom stereocenters. The number of aromatic nitrogens is 2. The second kappa shape index (κ2) is 10.1. The van der Waals surface area contributed by atoms with E-state index in [1.165, 1.54) is 12.1 Å². The molecule has 2 aromatic carbocycles. The SMILES string of the molecule is CC(C)c1ccccc1N=C1SCCCN1C(=O)CCc1nc(-c2ccc(F)cc2)no1. The Balaban J connectivity index is 1.45. The number of hydrogen-bond donors (Lipinski definition) is 0. The molecule has 1 aromatic heterocycles. The summed E-state index contributed by atoms with van der Waals surface area (Å²) in [5.74, 6) is 1.72. The van der Waals surface area contributed by atoms with E-state index in [1.54, 1.807) is 28.8 Å². The summed E-state index contributed by atoms with van der Waals surface area (Å²) in [5.41, 5.74) is 2.74. The van der Waals surface area contributed by atoms with Crippen LogP contribution in [-0.4, -0.2) is 38.4 Å². The molecule has 2 heterocycles. The highest BCUT2D eigenvalue weighted by atomic mass is 32.2. The summed E-state index contributed by atoms with van der Waals surface area (Å²) in [6.07, 6.45) is 1.51. The fourth-order valence-electron chi connectivity index (χ4n) is 3.49. The highest BCUT2D eigenvalue weighted by Gasteiger charge is 2.24. The number of nitrogens with zero attached hydrogens (tertiary/aromatic N) is 4. The molecule has 0 aliphatic carbocycles. The molecule has 0 N–H and O–H groups in total. The van der Waals surface area contributed by atoms with Gasteiger partial charge in [-0.25, -0.2) is 9.38 Å². The van der Waals surface area contributed by atoms with Gasteiger partial charge in [0.15, 0.2) is 5.17 Å². The molecule has 6 nitrogen and oxygen atoms in total. The minimum Gasteiger partial charge on any atom is -0.339 e. The van der Waals surface area contributed by atoms with E-state index in [0.717, 1.165) is 28.6 Å². The van der Waals surface area contributed by atoms with Gasteiger partial charge in [0.05, 0.1) is 5.69 Å². The van der Waals surface area contributed by atoms with Crippen LogP contribution >= 0.6 is 11.8 Å². The van der Waals surface area contributed by atoms with E-state index in [-0.39, 0.29) is 18.1 Å². The fourth-order valence-corrected chi connectivity index (χ4v) is 4.45. The summed E-state index contributed by atoms with van der Waals surface area (Å²) in [5, 5.41) is 4.68. The number of para-hydroxylation sites is 1. The number of rotatable bonds is 6. The molecule has 1 amide bonds. The van der Waals surface area contributed by atoms with Crippen LogP contribution in [0, 0.1) is 5.82 Å². The van der Waals surface area contributed by atoms with Crippen LogP contribution in [0.5, 0.6) is 0 Å². The number of benzene rings is 2. The summed E-state index contributed by atoms with van der Waals surface area (Å²) in [7, 11) is 0. The Morgan fingerprint density at radius 3 is 2.78 bits per heavy atom. The van der Waals surface area contributed by atoms with Crippen molar-refractivity contribution in [1.29, 1.82) is 0 Å². The highest BCUT2D eigenvalue weighted by molar-refractivity contribution is 8.13. The second-order valence-corrected chi connectivity index (χ2v) is 8.94. The topological polar surface area (TPSA) is 71.6 Å². The van der Waals surface area contributed by atoms with Gasteiger partial charge in [-0.05, 0) is 48.2 Å². The molecule has 0 radical (unpaired) electrons. The van der Waals surface area contributed by atoms with Crippen molar-refractivity contribution in [3.63, 3.8) is 0 Å². The molecule has 0 spiro atoms. The van der Waals surface area contributed by atoms with Crippen molar-refractivity contribution in [2.45, 2.75) is 39.0 Å². The molecule has 0 saturated carbocycles. The maximum Gasteiger partial charge on any atom is 0.229 e. The number of amidine groups is 1. The van der Waals surface area contributed by atoms with E-state index < -0.39 is 0 Å². The molecule has 32 heavy (non-hydrogen) atoms. The highest BCUT2D eigenvalue weighted by Crippen LogP contribution is 2.29. The second-order valence-electron chi connectivity index (χ2n) is 7.87. The van der Waals surface area contributed by atoms with Crippen molar-refractivity contribution in [1.82, 2.24) is 15.0 Å². The van der Waals surface area contributed by atoms with Crippen LogP contribution in [0.15, 0.2) is 58.0 Å². The molecule has 0 bridgehead atoms. The van der Waals surface area contributed by atoms with Crippen molar-refractivity contribution in [3.8, 4) is 11.4 Å². The zero-order chi connectivity index (χ0) is 22.5. The van der Waals surface area contributed by atoms with Crippen LogP contribution in [-0.2, 0) is 11.2 Å². The third-order valence-electron chi connectivity index (χ3n) is 5.19. The Kier molecular flexibility index (Phi) is 6.99. The van der Waals surface area contributed by atoms with E-state index in [0.29, 0.717) is 36.2 Å².